The van der Waals surface area contributed by atoms with Gasteiger partial charge in [-0.25, -0.2) is 0 Å². The molecular weight excluding hydrogens is 178 g/mol. The number of nitrogens with zero attached hydrogens (tertiary/aromatic N) is 1. The predicted molar refractivity (Wildman–Crippen MR) is 56.8 cm³/mol. The number of hydrogen-bond donors (Lipinski definition) is 2. The Hall–Kier alpha value is -0.610. The van der Waals surface area contributed by atoms with Gasteiger partial charge in [-0.1, -0.05) is 13.8 Å². The Morgan fingerprint density at radius 2 is 2.21 bits per heavy atom. The van der Waals surface area contributed by atoms with Crippen molar-refractivity contribution >= 4 is 5.91 Å². The summed E-state index contributed by atoms with van der Waals surface area (Å²) in [6, 6.07) is 0. The summed E-state index contributed by atoms with van der Waals surface area (Å²) in [5, 5.41) is 2.90. The first kappa shape index (κ1) is 11.5. The van der Waals surface area contributed by atoms with Crippen molar-refractivity contribution in [2.75, 3.05) is 32.7 Å². The van der Waals surface area contributed by atoms with E-state index in [1.165, 1.54) is 0 Å². The van der Waals surface area contributed by atoms with E-state index < -0.39 is 0 Å². The van der Waals surface area contributed by atoms with Crippen LogP contribution in [0.5, 0.6) is 0 Å². The summed E-state index contributed by atoms with van der Waals surface area (Å²) in [4.78, 5) is 13.5. The van der Waals surface area contributed by atoms with E-state index in [2.05, 4.69) is 24.1 Å². The van der Waals surface area contributed by atoms with Crippen LogP contribution in [0.25, 0.3) is 0 Å². The Kier molecular flexibility index (Phi) is 4.35. The summed E-state index contributed by atoms with van der Waals surface area (Å²) in [5.74, 6) is 1.26. The van der Waals surface area contributed by atoms with Gasteiger partial charge in [-0.05, 0) is 18.4 Å². The van der Waals surface area contributed by atoms with E-state index in [4.69, 9.17) is 5.73 Å². The van der Waals surface area contributed by atoms with E-state index in [1.54, 1.807) is 0 Å². The number of carbonyl (C=O) groups is 1. The molecule has 1 aliphatic rings. The third-order valence-corrected chi connectivity index (χ3v) is 2.44. The summed E-state index contributed by atoms with van der Waals surface area (Å²) >= 11 is 0. The Balaban J connectivity index is 2.04. The molecule has 1 saturated heterocycles. The van der Waals surface area contributed by atoms with Gasteiger partial charge in [-0.15, -0.1) is 0 Å². The minimum Gasteiger partial charge on any atom is -0.355 e. The van der Waals surface area contributed by atoms with Crippen molar-refractivity contribution in [3.05, 3.63) is 0 Å². The minimum absolute atomic E-state index is 0.133. The average molecular weight is 199 g/mol. The molecular formula is C10H21N3O. The highest BCUT2D eigenvalue weighted by Gasteiger charge is 2.26. The van der Waals surface area contributed by atoms with E-state index in [0.717, 1.165) is 26.2 Å². The van der Waals surface area contributed by atoms with Crippen molar-refractivity contribution in [2.45, 2.75) is 13.8 Å². The number of amides is 1. The van der Waals surface area contributed by atoms with E-state index in [1.807, 2.05) is 0 Å². The number of rotatable bonds is 5. The van der Waals surface area contributed by atoms with Gasteiger partial charge >= 0.3 is 0 Å². The number of likely N-dealkylation sites (tertiary alicyclic amines) is 1. The molecule has 14 heavy (non-hydrogen) atoms. The second-order valence-electron chi connectivity index (χ2n) is 4.49. The maximum absolute atomic E-state index is 11.4. The Morgan fingerprint density at radius 1 is 1.57 bits per heavy atom. The van der Waals surface area contributed by atoms with E-state index >= 15 is 0 Å². The van der Waals surface area contributed by atoms with Crippen molar-refractivity contribution in [1.29, 1.82) is 0 Å². The number of hydrogen-bond acceptors (Lipinski definition) is 3. The molecule has 0 aromatic rings. The van der Waals surface area contributed by atoms with Gasteiger partial charge in [0, 0.05) is 19.6 Å². The first-order valence-corrected chi connectivity index (χ1v) is 5.31. The molecule has 4 nitrogen and oxygen atoms in total. The molecule has 1 amide bonds. The van der Waals surface area contributed by atoms with Crippen LogP contribution in [0.1, 0.15) is 13.8 Å². The van der Waals surface area contributed by atoms with Crippen molar-refractivity contribution in [3.8, 4) is 0 Å². The minimum atomic E-state index is 0.133. The van der Waals surface area contributed by atoms with Crippen LogP contribution >= 0.6 is 0 Å². The largest absolute Gasteiger partial charge is 0.355 e. The Bertz CT molecular complexity index is 188. The van der Waals surface area contributed by atoms with Crippen molar-refractivity contribution in [3.63, 3.8) is 0 Å². The molecule has 0 unspecified atom stereocenters. The zero-order valence-corrected chi connectivity index (χ0v) is 9.12. The fraction of sp³-hybridized carbons (Fsp3) is 0.900. The predicted octanol–water partition coefficient (Wildman–Crippen LogP) is -0.351. The van der Waals surface area contributed by atoms with Gasteiger partial charge in [0.25, 0.3) is 0 Å². The molecule has 1 heterocycles. The summed E-state index contributed by atoms with van der Waals surface area (Å²) in [5.41, 5.74) is 5.50. The zero-order chi connectivity index (χ0) is 10.6. The quantitative estimate of drug-likeness (QED) is 0.636. The standard InChI is InChI=1S/C10H21N3O/c1-8(2)4-12-10(14)7-13-5-9(3-11)6-13/h8-9H,3-7,11H2,1-2H3,(H,12,14). The van der Waals surface area contributed by atoms with Gasteiger partial charge in [-0.2, -0.15) is 0 Å². The average Bonchev–Trinajstić information content (AvgIpc) is 2.07. The van der Waals surface area contributed by atoms with Gasteiger partial charge in [-0.3, -0.25) is 9.69 Å². The summed E-state index contributed by atoms with van der Waals surface area (Å²) in [6.07, 6.45) is 0. The lowest BCUT2D eigenvalue weighted by Gasteiger charge is -2.38. The topological polar surface area (TPSA) is 58.4 Å². The molecule has 0 saturated carbocycles. The SMILES string of the molecule is CC(C)CNC(=O)CN1CC(CN)C1. The molecule has 1 fully saturated rings. The Labute approximate surface area is 85.8 Å². The van der Waals surface area contributed by atoms with Crippen LogP contribution < -0.4 is 11.1 Å². The normalized spacial score (nSPS) is 18.3. The van der Waals surface area contributed by atoms with Gasteiger partial charge in [0.15, 0.2) is 0 Å². The van der Waals surface area contributed by atoms with E-state index in [9.17, 15) is 4.79 Å². The molecule has 0 radical (unpaired) electrons. The van der Waals surface area contributed by atoms with Crippen LogP contribution in [0.3, 0.4) is 0 Å². The van der Waals surface area contributed by atoms with Crippen molar-refractivity contribution in [2.24, 2.45) is 17.6 Å². The number of carbonyl (C=O) groups excluding carboxylic acids is 1. The molecule has 0 spiro atoms. The molecule has 3 N–H and O–H groups in total. The maximum Gasteiger partial charge on any atom is 0.234 e. The summed E-state index contributed by atoms with van der Waals surface area (Å²) in [7, 11) is 0. The fourth-order valence-electron chi connectivity index (χ4n) is 1.53. The monoisotopic (exact) mass is 199 g/mol. The van der Waals surface area contributed by atoms with Crippen molar-refractivity contribution < 1.29 is 4.79 Å². The number of nitrogens with one attached hydrogen (secondary N) is 1. The highest BCUT2D eigenvalue weighted by Crippen LogP contribution is 2.12. The highest BCUT2D eigenvalue weighted by molar-refractivity contribution is 5.78. The molecule has 0 aromatic carbocycles. The van der Waals surface area contributed by atoms with Crippen LogP contribution in [-0.2, 0) is 4.79 Å². The van der Waals surface area contributed by atoms with Crippen LogP contribution in [0.15, 0.2) is 0 Å². The van der Waals surface area contributed by atoms with E-state index in [0.29, 0.717) is 18.4 Å². The molecule has 82 valence electrons. The third kappa shape index (κ3) is 3.64. The molecule has 0 atom stereocenters. The molecule has 1 rings (SSSR count). The zero-order valence-electron chi connectivity index (χ0n) is 9.12. The lowest BCUT2D eigenvalue weighted by molar-refractivity contribution is -0.123. The fourth-order valence-corrected chi connectivity index (χ4v) is 1.53. The molecule has 0 bridgehead atoms. The summed E-state index contributed by atoms with van der Waals surface area (Å²) in [6.45, 7) is 8.18. The number of nitrogens with two attached hydrogens (primary N) is 1. The summed E-state index contributed by atoms with van der Waals surface area (Å²) < 4.78 is 0. The first-order chi connectivity index (χ1) is 6.61. The molecule has 0 aliphatic carbocycles. The molecule has 1 aliphatic heterocycles. The van der Waals surface area contributed by atoms with Gasteiger partial charge in [0.05, 0.1) is 6.54 Å². The van der Waals surface area contributed by atoms with Gasteiger partial charge in [0.2, 0.25) is 5.91 Å². The van der Waals surface area contributed by atoms with Crippen LogP contribution in [0.4, 0.5) is 0 Å². The lowest BCUT2D eigenvalue weighted by atomic mass is 10.0. The van der Waals surface area contributed by atoms with Gasteiger partial charge in [0.1, 0.15) is 0 Å². The van der Waals surface area contributed by atoms with Crippen LogP contribution in [-0.4, -0.2) is 43.5 Å². The second kappa shape index (κ2) is 5.32. The van der Waals surface area contributed by atoms with Crippen molar-refractivity contribution in [1.82, 2.24) is 10.2 Å². The molecule has 4 heteroatoms. The lowest BCUT2D eigenvalue weighted by Crippen LogP contribution is -2.53. The van der Waals surface area contributed by atoms with E-state index in [-0.39, 0.29) is 5.91 Å². The third-order valence-electron chi connectivity index (χ3n) is 2.44. The van der Waals surface area contributed by atoms with Crippen LogP contribution in [0, 0.1) is 11.8 Å². The first-order valence-electron chi connectivity index (χ1n) is 5.31. The molecule has 0 aromatic heterocycles. The van der Waals surface area contributed by atoms with Gasteiger partial charge < -0.3 is 11.1 Å². The maximum atomic E-state index is 11.4. The Morgan fingerprint density at radius 3 is 2.71 bits per heavy atom. The smallest absolute Gasteiger partial charge is 0.234 e. The second-order valence-corrected chi connectivity index (χ2v) is 4.49. The van der Waals surface area contributed by atoms with Crippen LogP contribution in [0.2, 0.25) is 0 Å². The highest BCUT2D eigenvalue weighted by atomic mass is 16.2.